The zero-order valence-electron chi connectivity index (χ0n) is 10.4. The predicted molar refractivity (Wildman–Crippen MR) is 69.4 cm³/mol. The Morgan fingerprint density at radius 3 is 2.72 bits per heavy atom. The maximum Gasteiger partial charge on any atom is 0.303 e. The molecule has 0 aliphatic carbocycles. The molecule has 0 fully saturated rings. The average Bonchev–Trinajstić information content (AvgIpc) is 2.80. The standard InChI is InChI=1S/C12H18N2O3S/c1-2-9-7-14-11(18-9)8-13-10(15)5-3-4-6-12(16)17/h7H,2-6,8H2,1H3,(H,13,15)(H,16,17). The predicted octanol–water partition coefficient (Wildman–Crippen LogP) is 1.97. The molecule has 0 aliphatic heterocycles. The van der Waals surface area contributed by atoms with Crippen molar-refractivity contribution in [1.29, 1.82) is 0 Å². The Hall–Kier alpha value is -1.43. The van der Waals surface area contributed by atoms with Crippen LogP contribution in [0.2, 0.25) is 0 Å². The molecule has 0 atom stereocenters. The first-order chi connectivity index (χ1) is 8.61. The lowest BCUT2D eigenvalue weighted by Gasteiger charge is -2.02. The van der Waals surface area contributed by atoms with Gasteiger partial charge in [-0.15, -0.1) is 11.3 Å². The maximum atomic E-state index is 11.5. The zero-order chi connectivity index (χ0) is 13.4. The van der Waals surface area contributed by atoms with Crippen LogP contribution in [0.5, 0.6) is 0 Å². The van der Waals surface area contributed by atoms with Gasteiger partial charge in [-0.3, -0.25) is 9.59 Å². The Balaban J connectivity index is 2.14. The molecule has 100 valence electrons. The number of carbonyl (C=O) groups is 2. The molecule has 0 saturated heterocycles. The molecular formula is C12H18N2O3S. The van der Waals surface area contributed by atoms with Crippen molar-refractivity contribution in [3.8, 4) is 0 Å². The SMILES string of the molecule is CCc1cnc(CNC(=O)CCCCC(=O)O)s1. The van der Waals surface area contributed by atoms with Crippen molar-refractivity contribution in [2.24, 2.45) is 0 Å². The first kappa shape index (κ1) is 14.6. The second kappa shape index (κ2) is 7.81. The second-order valence-electron chi connectivity index (χ2n) is 3.95. The van der Waals surface area contributed by atoms with Gasteiger partial charge in [0.1, 0.15) is 5.01 Å². The monoisotopic (exact) mass is 270 g/mol. The van der Waals surface area contributed by atoms with E-state index in [4.69, 9.17) is 5.11 Å². The van der Waals surface area contributed by atoms with Crippen molar-refractivity contribution in [2.45, 2.75) is 45.6 Å². The number of aromatic nitrogens is 1. The lowest BCUT2D eigenvalue weighted by Crippen LogP contribution is -2.22. The quantitative estimate of drug-likeness (QED) is 0.708. The second-order valence-corrected chi connectivity index (χ2v) is 5.15. The summed E-state index contributed by atoms with van der Waals surface area (Å²) in [6.07, 6.45) is 4.44. The maximum absolute atomic E-state index is 11.5. The van der Waals surface area contributed by atoms with E-state index in [9.17, 15) is 9.59 Å². The summed E-state index contributed by atoms with van der Waals surface area (Å²) < 4.78 is 0. The molecule has 0 aromatic carbocycles. The Bertz CT molecular complexity index is 404. The minimum atomic E-state index is -0.815. The number of carboxylic acids is 1. The van der Waals surface area contributed by atoms with Crippen molar-refractivity contribution in [1.82, 2.24) is 10.3 Å². The van der Waals surface area contributed by atoms with Gasteiger partial charge < -0.3 is 10.4 Å². The van der Waals surface area contributed by atoms with E-state index in [1.54, 1.807) is 11.3 Å². The van der Waals surface area contributed by atoms with Crippen molar-refractivity contribution >= 4 is 23.2 Å². The van der Waals surface area contributed by atoms with Gasteiger partial charge in [-0.05, 0) is 19.3 Å². The van der Waals surface area contributed by atoms with Crippen LogP contribution in [0.15, 0.2) is 6.20 Å². The van der Waals surface area contributed by atoms with E-state index < -0.39 is 5.97 Å². The van der Waals surface area contributed by atoms with E-state index in [0.717, 1.165) is 11.4 Å². The number of nitrogens with one attached hydrogen (secondary N) is 1. The number of amides is 1. The van der Waals surface area contributed by atoms with Crippen LogP contribution < -0.4 is 5.32 Å². The van der Waals surface area contributed by atoms with Gasteiger partial charge in [0.05, 0.1) is 6.54 Å². The van der Waals surface area contributed by atoms with Gasteiger partial charge in [0.25, 0.3) is 0 Å². The number of rotatable bonds is 8. The molecule has 6 heteroatoms. The van der Waals surface area contributed by atoms with E-state index in [-0.39, 0.29) is 12.3 Å². The zero-order valence-corrected chi connectivity index (χ0v) is 11.3. The summed E-state index contributed by atoms with van der Waals surface area (Å²) in [4.78, 5) is 27.1. The topological polar surface area (TPSA) is 79.3 Å². The molecule has 0 aliphatic rings. The van der Waals surface area contributed by atoms with E-state index in [1.165, 1.54) is 4.88 Å². The van der Waals surface area contributed by atoms with Crippen LogP contribution in [0.25, 0.3) is 0 Å². The third-order valence-electron chi connectivity index (χ3n) is 2.43. The van der Waals surface area contributed by atoms with Crippen LogP contribution in [-0.2, 0) is 22.6 Å². The van der Waals surface area contributed by atoms with Crippen molar-refractivity contribution < 1.29 is 14.7 Å². The summed E-state index contributed by atoms with van der Waals surface area (Å²) in [6.45, 7) is 2.53. The number of aryl methyl sites for hydroxylation is 1. The van der Waals surface area contributed by atoms with E-state index in [1.807, 2.05) is 6.20 Å². The molecule has 1 aromatic rings. The smallest absolute Gasteiger partial charge is 0.303 e. The lowest BCUT2D eigenvalue weighted by molar-refractivity contribution is -0.137. The minimum Gasteiger partial charge on any atom is -0.481 e. The fourth-order valence-electron chi connectivity index (χ4n) is 1.42. The van der Waals surface area contributed by atoms with E-state index >= 15 is 0 Å². The normalized spacial score (nSPS) is 10.3. The molecule has 0 radical (unpaired) electrons. The van der Waals surface area contributed by atoms with Crippen LogP contribution in [0.3, 0.4) is 0 Å². The molecule has 0 saturated carbocycles. The van der Waals surface area contributed by atoms with E-state index in [2.05, 4.69) is 17.2 Å². The highest BCUT2D eigenvalue weighted by Gasteiger charge is 2.05. The highest BCUT2D eigenvalue weighted by molar-refractivity contribution is 7.11. The van der Waals surface area contributed by atoms with Crippen LogP contribution in [0.1, 0.15) is 42.5 Å². The highest BCUT2D eigenvalue weighted by Crippen LogP contribution is 2.12. The summed E-state index contributed by atoms with van der Waals surface area (Å²) in [7, 11) is 0. The molecule has 5 nitrogen and oxygen atoms in total. The molecule has 18 heavy (non-hydrogen) atoms. The van der Waals surface area contributed by atoms with E-state index in [0.29, 0.717) is 25.8 Å². The number of thiazole rings is 1. The summed E-state index contributed by atoms with van der Waals surface area (Å²) in [5.74, 6) is -0.862. The van der Waals surface area contributed by atoms with Crippen LogP contribution in [0.4, 0.5) is 0 Å². The first-order valence-corrected chi connectivity index (χ1v) is 6.85. The average molecular weight is 270 g/mol. The van der Waals surface area contributed by atoms with Gasteiger partial charge in [0.2, 0.25) is 5.91 Å². The number of hydrogen-bond donors (Lipinski definition) is 2. The molecule has 1 aromatic heterocycles. The van der Waals surface area contributed by atoms with Gasteiger partial charge >= 0.3 is 5.97 Å². The van der Waals surface area contributed by atoms with Crippen LogP contribution in [0, 0.1) is 0 Å². The summed E-state index contributed by atoms with van der Waals surface area (Å²) in [5, 5.41) is 12.1. The third kappa shape index (κ3) is 5.77. The van der Waals surface area contributed by atoms with Crippen molar-refractivity contribution in [3.63, 3.8) is 0 Å². The minimum absolute atomic E-state index is 0.0476. The van der Waals surface area contributed by atoms with Crippen molar-refractivity contribution in [2.75, 3.05) is 0 Å². The number of carboxylic acid groups (broad SMARTS) is 1. The van der Waals surface area contributed by atoms with Crippen molar-refractivity contribution in [3.05, 3.63) is 16.1 Å². The molecule has 1 rings (SSSR count). The first-order valence-electron chi connectivity index (χ1n) is 6.04. The number of nitrogens with zero attached hydrogens (tertiary/aromatic N) is 1. The van der Waals surface area contributed by atoms with Crippen LogP contribution in [-0.4, -0.2) is 22.0 Å². The summed E-state index contributed by atoms with van der Waals surface area (Å²) >= 11 is 1.60. The molecule has 1 amide bonds. The molecule has 2 N–H and O–H groups in total. The Morgan fingerprint density at radius 1 is 1.39 bits per heavy atom. The largest absolute Gasteiger partial charge is 0.481 e. The molecular weight excluding hydrogens is 252 g/mol. The summed E-state index contributed by atoms with van der Waals surface area (Å²) in [5.41, 5.74) is 0. The number of aliphatic carboxylic acids is 1. The van der Waals surface area contributed by atoms with Gasteiger partial charge in [-0.25, -0.2) is 4.98 Å². The van der Waals surface area contributed by atoms with Gasteiger partial charge in [0.15, 0.2) is 0 Å². The summed E-state index contributed by atoms with van der Waals surface area (Å²) in [6, 6.07) is 0. The van der Waals surface area contributed by atoms with Crippen LogP contribution >= 0.6 is 11.3 Å². The Kier molecular flexibility index (Phi) is 6.35. The number of carbonyl (C=O) groups excluding carboxylic acids is 1. The van der Waals surface area contributed by atoms with Gasteiger partial charge in [0, 0.05) is 23.9 Å². The fourth-order valence-corrected chi connectivity index (χ4v) is 2.22. The highest BCUT2D eigenvalue weighted by atomic mass is 32.1. The molecule has 0 spiro atoms. The molecule has 1 heterocycles. The Morgan fingerprint density at radius 2 is 2.11 bits per heavy atom. The Labute approximate surface area is 110 Å². The number of hydrogen-bond acceptors (Lipinski definition) is 4. The van der Waals surface area contributed by atoms with Gasteiger partial charge in [-0.1, -0.05) is 6.92 Å². The third-order valence-corrected chi connectivity index (χ3v) is 3.57. The lowest BCUT2D eigenvalue weighted by atomic mass is 10.2. The number of unbranched alkanes of at least 4 members (excludes halogenated alkanes) is 1. The van der Waals surface area contributed by atoms with Gasteiger partial charge in [-0.2, -0.15) is 0 Å². The molecule has 0 bridgehead atoms. The molecule has 0 unspecified atom stereocenters. The fraction of sp³-hybridized carbons (Fsp3) is 0.583.